The fraction of sp³-hybridized carbons (Fsp3) is 0.235. The summed E-state index contributed by atoms with van der Waals surface area (Å²) in [5, 5.41) is 0.240. The average molecular weight is 615 g/mol. The van der Waals surface area contributed by atoms with Gasteiger partial charge in [-0.25, -0.2) is 24.9 Å². The van der Waals surface area contributed by atoms with Gasteiger partial charge in [-0.3, -0.25) is 9.47 Å². The number of rotatable bonds is 6. The molecule has 6 heterocycles. The highest BCUT2D eigenvalue weighted by atomic mass is 35.5. The maximum Gasteiger partial charge on any atom is 0.229 e. The number of fused-ring (bicyclic) bond motifs is 1. The van der Waals surface area contributed by atoms with Gasteiger partial charge in [0.05, 0.1) is 11.3 Å². The summed E-state index contributed by atoms with van der Waals surface area (Å²) in [6.07, 6.45) is 5.46. The third kappa shape index (κ3) is 5.26. The molecule has 0 radical (unpaired) electrons. The molecule has 0 saturated carbocycles. The van der Waals surface area contributed by atoms with E-state index in [-0.39, 0.29) is 10.7 Å². The molecule has 2 saturated heterocycles. The number of hydrogen-bond donors (Lipinski definition) is 1. The molecular formula is C34H31ClN10. The van der Waals surface area contributed by atoms with E-state index in [1.807, 2.05) is 42.5 Å². The molecule has 1 atom stereocenters. The average Bonchev–Trinajstić information content (AvgIpc) is 3.78. The van der Waals surface area contributed by atoms with E-state index in [1.54, 1.807) is 6.20 Å². The molecule has 0 unspecified atom stereocenters. The van der Waals surface area contributed by atoms with E-state index in [9.17, 15) is 0 Å². The van der Waals surface area contributed by atoms with Crippen molar-refractivity contribution in [3.8, 4) is 28.3 Å². The molecule has 0 amide bonds. The zero-order chi connectivity index (χ0) is 30.4. The Morgan fingerprint density at radius 1 is 0.800 bits per heavy atom. The molecular weight excluding hydrogens is 584 g/mol. The minimum Gasteiger partial charge on any atom is -0.383 e. The van der Waals surface area contributed by atoms with Crippen LogP contribution < -0.4 is 10.6 Å². The Kier molecular flexibility index (Phi) is 6.88. The number of imidazole rings is 1. The lowest BCUT2D eigenvalue weighted by atomic mass is 9.86. The molecule has 1 spiro atoms. The van der Waals surface area contributed by atoms with E-state index in [2.05, 4.69) is 70.7 Å². The number of hydrogen-bond acceptors (Lipinski definition) is 9. The Hall–Kier alpha value is -4.93. The first-order valence-electron chi connectivity index (χ1n) is 15.1. The van der Waals surface area contributed by atoms with Crippen LogP contribution in [0.15, 0.2) is 91.4 Å². The fourth-order valence-electron chi connectivity index (χ4n) is 6.79. The van der Waals surface area contributed by atoms with Crippen molar-refractivity contribution in [1.29, 1.82) is 0 Å². The summed E-state index contributed by atoms with van der Waals surface area (Å²) in [6, 6.07) is 26.8. The molecule has 224 valence electrons. The van der Waals surface area contributed by atoms with Gasteiger partial charge in [0.15, 0.2) is 11.5 Å². The Bertz CT molecular complexity index is 1990. The monoisotopic (exact) mass is 614 g/mol. The molecule has 0 bridgehead atoms. The normalized spacial score (nSPS) is 18.4. The molecule has 6 aromatic rings. The number of nitrogens with zero attached hydrogens (tertiary/aromatic N) is 9. The van der Waals surface area contributed by atoms with Crippen LogP contribution in [-0.2, 0) is 6.54 Å². The van der Waals surface area contributed by atoms with Gasteiger partial charge in [-0.05, 0) is 72.9 Å². The highest BCUT2D eigenvalue weighted by Crippen LogP contribution is 2.41. The minimum atomic E-state index is 0.240. The summed E-state index contributed by atoms with van der Waals surface area (Å²) in [6.45, 7) is 4.88. The van der Waals surface area contributed by atoms with Gasteiger partial charge in [-0.15, -0.1) is 0 Å². The summed E-state index contributed by atoms with van der Waals surface area (Å²) in [4.78, 5) is 31.8. The van der Waals surface area contributed by atoms with Crippen molar-refractivity contribution in [2.24, 2.45) is 5.41 Å². The van der Waals surface area contributed by atoms with Gasteiger partial charge in [-0.1, -0.05) is 42.5 Å². The molecule has 2 aromatic carbocycles. The van der Waals surface area contributed by atoms with Gasteiger partial charge in [-0.2, -0.15) is 4.98 Å². The Labute approximate surface area is 265 Å². The molecule has 10 nitrogen and oxygen atoms in total. The first kappa shape index (κ1) is 27.6. The highest BCUT2D eigenvalue weighted by molar-refractivity contribution is 6.28. The number of benzene rings is 2. The number of pyridine rings is 2. The fourth-order valence-corrected chi connectivity index (χ4v) is 6.91. The summed E-state index contributed by atoms with van der Waals surface area (Å²) in [5.74, 6) is 1.82. The number of anilines is 2. The molecule has 45 heavy (non-hydrogen) atoms. The second kappa shape index (κ2) is 11.2. The van der Waals surface area contributed by atoms with E-state index in [4.69, 9.17) is 27.3 Å². The SMILES string of the molecule is Nc1ncccc1-c1nc2ccc(-c3ccccc3)nc2n1-c1ccc(CN2CC[C@]3(CCN(c4ncnc(Cl)n4)C3)C2)cc1. The van der Waals surface area contributed by atoms with Crippen molar-refractivity contribution in [1.82, 2.24) is 39.4 Å². The summed E-state index contributed by atoms with van der Waals surface area (Å²) in [7, 11) is 0. The predicted molar refractivity (Wildman–Crippen MR) is 176 cm³/mol. The number of nitrogen functional groups attached to an aromatic ring is 1. The molecule has 4 aromatic heterocycles. The van der Waals surface area contributed by atoms with Crippen molar-refractivity contribution in [2.75, 3.05) is 36.8 Å². The van der Waals surface area contributed by atoms with Gasteiger partial charge in [0.25, 0.3) is 0 Å². The van der Waals surface area contributed by atoms with Crippen molar-refractivity contribution < 1.29 is 0 Å². The van der Waals surface area contributed by atoms with Crippen LogP contribution in [0.5, 0.6) is 0 Å². The van der Waals surface area contributed by atoms with Gasteiger partial charge >= 0.3 is 0 Å². The molecule has 0 aliphatic carbocycles. The van der Waals surface area contributed by atoms with E-state index < -0.39 is 0 Å². The van der Waals surface area contributed by atoms with Gasteiger partial charge in [0.1, 0.15) is 17.7 Å². The standard InChI is InChI=1S/C34H31ClN10/c35-32-38-22-39-33(42-32)44-18-15-34(21-44)14-17-43(20-34)19-23-8-10-25(11-9-23)45-30(26-7-4-16-37-29(26)36)41-28-13-12-27(40-31(28)45)24-5-2-1-3-6-24/h1-13,16,22H,14-15,17-21H2,(H2,36,37)/t34-/m0/s1. The maximum absolute atomic E-state index is 6.35. The van der Waals surface area contributed by atoms with Crippen molar-refractivity contribution in [3.63, 3.8) is 0 Å². The lowest BCUT2D eigenvalue weighted by Gasteiger charge is -2.25. The van der Waals surface area contributed by atoms with Crippen LogP contribution in [0.3, 0.4) is 0 Å². The number of nitrogens with two attached hydrogens (primary N) is 1. The highest BCUT2D eigenvalue weighted by Gasteiger charge is 2.44. The third-order valence-corrected chi connectivity index (χ3v) is 9.20. The molecule has 2 fully saturated rings. The Balaban J connectivity index is 1.07. The predicted octanol–water partition coefficient (Wildman–Crippen LogP) is 5.67. The van der Waals surface area contributed by atoms with Crippen molar-refractivity contribution >= 4 is 34.5 Å². The van der Waals surface area contributed by atoms with Crippen LogP contribution in [0.1, 0.15) is 18.4 Å². The van der Waals surface area contributed by atoms with Crippen LogP contribution in [0.4, 0.5) is 11.8 Å². The lowest BCUT2D eigenvalue weighted by molar-refractivity contribution is 0.270. The summed E-state index contributed by atoms with van der Waals surface area (Å²) in [5.41, 5.74) is 13.1. The summed E-state index contributed by atoms with van der Waals surface area (Å²) < 4.78 is 2.09. The second-order valence-electron chi connectivity index (χ2n) is 12.0. The Morgan fingerprint density at radius 3 is 2.47 bits per heavy atom. The zero-order valence-electron chi connectivity index (χ0n) is 24.6. The van der Waals surface area contributed by atoms with E-state index in [0.29, 0.717) is 17.6 Å². The van der Waals surface area contributed by atoms with Crippen molar-refractivity contribution in [2.45, 2.75) is 19.4 Å². The van der Waals surface area contributed by atoms with Gasteiger partial charge in [0.2, 0.25) is 11.2 Å². The number of halogens is 1. The minimum absolute atomic E-state index is 0.240. The topological polar surface area (TPSA) is 115 Å². The van der Waals surface area contributed by atoms with Crippen LogP contribution in [0, 0.1) is 5.41 Å². The van der Waals surface area contributed by atoms with Crippen molar-refractivity contribution in [3.05, 3.63) is 102 Å². The largest absolute Gasteiger partial charge is 0.383 e. The lowest BCUT2D eigenvalue weighted by Crippen LogP contribution is -2.31. The quantitative estimate of drug-likeness (QED) is 0.253. The number of aromatic nitrogens is 7. The third-order valence-electron chi connectivity index (χ3n) is 9.02. The summed E-state index contributed by atoms with van der Waals surface area (Å²) >= 11 is 6.03. The van der Waals surface area contributed by atoms with E-state index in [1.165, 1.54) is 11.9 Å². The smallest absolute Gasteiger partial charge is 0.229 e. The van der Waals surface area contributed by atoms with Gasteiger partial charge in [0, 0.05) is 49.0 Å². The van der Waals surface area contributed by atoms with Crippen LogP contribution in [0.25, 0.3) is 39.5 Å². The zero-order valence-corrected chi connectivity index (χ0v) is 25.3. The van der Waals surface area contributed by atoms with E-state index in [0.717, 1.165) is 79.2 Å². The van der Waals surface area contributed by atoms with E-state index >= 15 is 0 Å². The first-order chi connectivity index (χ1) is 22.0. The van der Waals surface area contributed by atoms with Gasteiger partial charge < -0.3 is 10.6 Å². The molecule has 2 aliphatic heterocycles. The van der Waals surface area contributed by atoms with Crippen LogP contribution in [0.2, 0.25) is 5.28 Å². The maximum atomic E-state index is 6.35. The molecule has 11 heteroatoms. The number of likely N-dealkylation sites (tertiary alicyclic amines) is 1. The second-order valence-corrected chi connectivity index (χ2v) is 12.3. The molecule has 2 N–H and O–H groups in total. The van der Waals surface area contributed by atoms with Crippen LogP contribution in [-0.4, -0.2) is 65.5 Å². The first-order valence-corrected chi connectivity index (χ1v) is 15.5. The Morgan fingerprint density at radius 2 is 1.64 bits per heavy atom. The molecule has 8 rings (SSSR count). The van der Waals surface area contributed by atoms with Crippen LogP contribution >= 0.6 is 11.6 Å². The molecule has 2 aliphatic rings.